The number of carbonyl (C=O) groups is 1. The molecule has 27 heavy (non-hydrogen) atoms. The number of rotatable bonds is 7. The standard InChI is InChI=1S/C22H26N4O/c27-22(24-23-13-7-12-20-8-3-1-4-9-20)19-26-16-14-25(15-17-26)18-21-10-5-2-6-11-21/h1-13H,14-19H2,(H,24,27)/b12-7+,23-13-. The maximum Gasteiger partial charge on any atom is 0.254 e. The molecule has 0 atom stereocenters. The number of allylic oxidation sites excluding steroid dienone is 1. The van der Waals surface area contributed by atoms with E-state index in [1.807, 2.05) is 48.6 Å². The highest BCUT2D eigenvalue weighted by atomic mass is 16.2. The van der Waals surface area contributed by atoms with Crippen LogP contribution in [-0.4, -0.2) is 54.6 Å². The molecule has 2 aromatic carbocycles. The monoisotopic (exact) mass is 362 g/mol. The van der Waals surface area contributed by atoms with E-state index in [9.17, 15) is 4.79 Å². The first-order chi connectivity index (χ1) is 13.3. The Morgan fingerprint density at radius 1 is 0.926 bits per heavy atom. The van der Waals surface area contributed by atoms with E-state index in [0.717, 1.165) is 38.3 Å². The number of benzene rings is 2. The minimum absolute atomic E-state index is 0.0733. The number of hydrogen-bond donors (Lipinski definition) is 1. The van der Waals surface area contributed by atoms with E-state index in [1.165, 1.54) is 5.56 Å². The minimum Gasteiger partial charge on any atom is -0.297 e. The van der Waals surface area contributed by atoms with Gasteiger partial charge in [-0.3, -0.25) is 14.6 Å². The van der Waals surface area contributed by atoms with Crippen molar-refractivity contribution in [3.05, 3.63) is 77.9 Å². The largest absolute Gasteiger partial charge is 0.297 e. The summed E-state index contributed by atoms with van der Waals surface area (Å²) < 4.78 is 0. The van der Waals surface area contributed by atoms with Crippen molar-refractivity contribution >= 4 is 18.2 Å². The Hall–Kier alpha value is -2.76. The van der Waals surface area contributed by atoms with Crippen LogP contribution in [0.4, 0.5) is 0 Å². The van der Waals surface area contributed by atoms with Crippen LogP contribution < -0.4 is 5.43 Å². The van der Waals surface area contributed by atoms with Gasteiger partial charge < -0.3 is 0 Å². The van der Waals surface area contributed by atoms with Gasteiger partial charge >= 0.3 is 0 Å². The highest BCUT2D eigenvalue weighted by Crippen LogP contribution is 2.08. The van der Waals surface area contributed by atoms with Crippen molar-refractivity contribution in [2.24, 2.45) is 5.10 Å². The van der Waals surface area contributed by atoms with E-state index in [0.29, 0.717) is 6.54 Å². The number of carbonyl (C=O) groups excluding carboxylic acids is 1. The maximum atomic E-state index is 12.0. The number of nitrogens with zero attached hydrogens (tertiary/aromatic N) is 3. The first-order valence-corrected chi connectivity index (χ1v) is 9.32. The number of hydrazone groups is 1. The highest BCUT2D eigenvalue weighted by molar-refractivity contribution is 5.82. The van der Waals surface area contributed by atoms with Gasteiger partial charge in [0.05, 0.1) is 6.54 Å². The lowest BCUT2D eigenvalue weighted by Crippen LogP contribution is -2.48. The van der Waals surface area contributed by atoms with Crippen LogP contribution in [0.15, 0.2) is 71.8 Å². The Morgan fingerprint density at radius 2 is 1.56 bits per heavy atom. The summed E-state index contributed by atoms with van der Waals surface area (Å²) in [6, 6.07) is 20.5. The lowest BCUT2D eigenvalue weighted by atomic mass is 10.2. The zero-order valence-electron chi connectivity index (χ0n) is 15.5. The molecular formula is C22H26N4O. The van der Waals surface area contributed by atoms with Gasteiger partial charge in [-0.2, -0.15) is 5.10 Å². The summed E-state index contributed by atoms with van der Waals surface area (Å²) in [5, 5.41) is 3.97. The SMILES string of the molecule is O=C(CN1CCN(Cc2ccccc2)CC1)N/N=C\C=C\c1ccccc1. The molecule has 1 aliphatic heterocycles. The van der Waals surface area contributed by atoms with E-state index in [-0.39, 0.29) is 5.91 Å². The van der Waals surface area contributed by atoms with E-state index >= 15 is 0 Å². The molecule has 3 rings (SSSR count). The second-order valence-electron chi connectivity index (χ2n) is 6.62. The van der Waals surface area contributed by atoms with Gasteiger partial charge in [0.1, 0.15) is 0 Å². The number of piperazine rings is 1. The number of amides is 1. The van der Waals surface area contributed by atoms with Gasteiger partial charge in [-0.15, -0.1) is 0 Å². The first kappa shape index (κ1) is 19.0. The van der Waals surface area contributed by atoms with Crippen molar-refractivity contribution in [3.8, 4) is 0 Å². The molecule has 1 saturated heterocycles. The highest BCUT2D eigenvalue weighted by Gasteiger charge is 2.18. The van der Waals surface area contributed by atoms with Gasteiger partial charge in [-0.1, -0.05) is 66.7 Å². The molecule has 0 saturated carbocycles. The van der Waals surface area contributed by atoms with E-state index < -0.39 is 0 Å². The van der Waals surface area contributed by atoms with Gasteiger partial charge in [-0.05, 0) is 17.2 Å². The summed E-state index contributed by atoms with van der Waals surface area (Å²) in [4.78, 5) is 16.6. The van der Waals surface area contributed by atoms with Crippen molar-refractivity contribution < 1.29 is 4.79 Å². The second-order valence-corrected chi connectivity index (χ2v) is 6.62. The van der Waals surface area contributed by atoms with Crippen LogP contribution >= 0.6 is 0 Å². The quantitative estimate of drug-likeness (QED) is 0.608. The average Bonchev–Trinajstić information content (AvgIpc) is 2.71. The van der Waals surface area contributed by atoms with E-state index in [2.05, 4.69) is 44.6 Å². The molecule has 5 heteroatoms. The summed E-state index contributed by atoms with van der Waals surface area (Å²) in [6.07, 6.45) is 5.36. The van der Waals surface area contributed by atoms with Crippen LogP contribution in [0.2, 0.25) is 0 Å². The van der Waals surface area contributed by atoms with Crippen molar-refractivity contribution in [1.29, 1.82) is 0 Å². The summed E-state index contributed by atoms with van der Waals surface area (Å²) in [5.74, 6) is -0.0733. The Balaban J connectivity index is 1.33. The van der Waals surface area contributed by atoms with Crippen molar-refractivity contribution in [3.63, 3.8) is 0 Å². The molecule has 0 spiro atoms. The minimum atomic E-state index is -0.0733. The third-order valence-electron chi connectivity index (χ3n) is 4.52. The van der Waals surface area contributed by atoms with Crippen LogP contribution in [0.5, 0.6) is 0 Å². The zero-order chi connectivity index (χ0) is 18.7. The molecule has 1 heterocycles. The summed E-state index contributed by atoms with van der Waals surface area (Å²) in [5.41, 5.74) is 5.03. The smallest absolute Gasteiger partial charge is 0.254 e. The van der Waals surface area contributed by atoms with Crippen LogP contribution in [-0.2, 0) is 11.3 Å². The second kappa shape index (κ2) is 10.4. The molecule has 0 aromatic heterocycles. The molecular weight excluding hydrogens is 336 g/mol. The van der Waals surface area contributed by atoms with Gasteiger partial charge in [0, 0.05) is 38.9 Å². The van der Waals surface area contributed by atoms with Crippen molar-refractivity contribution in [2.45, 2.75) is 6.54 Å². The summed E-state index contributed by atoms with van der Waals surface area (Å²) >= 11 is 0. The van der Waals surface area contributed by atoms with Gasteiger partial charge in [-0.25, -0.2) is 5.43 Å². The molecule has 0 unspecified atom stereocenters. The van der Waals surface area contributed by atoms with Crippen LogP contribution in [0, 0.1) is 0 Å². The molecule has 0 bridgehead atoms. The Morgan fingerprint density at radius 3 is 2.26 bits per heavy atom. The van der Waals surface area contributed by atoms with Crippen molar-refractivity contribution in [2.75, 3.05) is 32.7 Å². The topological polar surface area (TPSA) is 47.9 Å². The fraction of sp³-hybridized carbons (Fsp3) is 0.273. The molecule has 1 aliphatic rings. The molecule has 1 fully saturated rings. The van der Waals surface area contributed by atoms with Crippen LogP contribution in [0.3, 0.4) is 0 Å². The Bertz CT molecular complexity index is 750. The fourth-order valence-corrected chi connectivity index (χ4v) is 3.06. The van der Waals surface area contributed by atoms with Crippen LogP contribution in [0.25, 0.3) is 6.08 Å². The fourth-order valence-electron chi connectivity index (χ4n) is 3.06. The van der Waals surface area contributed by atoms with E-state index in [1.54, 1.807) is 6.21 Å². The molecule has 140 valence electrons. The van der Waals surface area contributed by atoms with Gasteiger partial charge in [0.15, 0.2) is 0 Å². The molecule has 1 N–H and O–H groups in total. The van der Waals surface area contributed by atoms with Crippen LogP contribution in [0.1, 0.15) is 11.1 Å². The summed E-state index contributed by atoms with van der Waals surface area (Å²) in [6.45, 7) is 5.12. The Labute approximate surface area is 161 Å². The average molecular weight is 362 g/mol. The lowest BCUT2D eigenvalue weighted by molar-refractivity contribution is -0.122. The predicted octanol–water partition coefficient (Wildman–Crippen LogP) is 2.62. The molecule has 0 radical (unpaired) electrons. The van der Waals surface area contributed by atoms with E-state index in [4.69, 9.17) is 0 Å². The Kier molecular flexibility index (Phi) is 7.33. The molecule has 0 aliphatic carbocycles. The molecule has 2 aromatic rings. The first-order valence-electron chi connectivity index (χ1n) is 9.32. The zero-order valence-corrected chi connectivity index (χ0v) is 15.5. The number of nitrogens with one attached hydrogen (secondary N) is 1. The molecule has 5 nitrogen and oxygen atoms in total. The lowest BCUT2D eigenvalue weighted by Gasteiger charge is -2.34. The van der Waals surface area contributed by atoms with Gasteiger partial charge in [0.2, 0.25) is 0 Å². The van der Waals surface area contributed by atoms with Gasteiger partial charge in [0.25, 0.3) is 5.91 Å². The molecule has 1 amide bonds. The number of hydrogen-bond acceptors (Lipinski definition) is 4. The van der Waals surface area contributed by atoms with Crippen molar-refractivity contribution in [1.82, 2.24) is 15.2 Å². The third kappa shape index (κ3) is 6.81. The third-order valence-corrected chi connectivity index (χ3v) is 4.52. The predicted molar refractivity (Wildman–Crippen MR) is 110 cm³/mol. The maximum absolute atomic E-state index is 12.0. The summed E-state index contributed by atoms with van der Waals surface area (Å²) in [7, 11) is 0. The normalized spacial score (nSPS) is 16.1.